The van der Waals surface area contributed by atoms with Crippen molar-refractivity contribution in [1.29, 1.82) is 0 Å². The van der Waals surface area contributed by atoms with Crippen molar-refractivity contribution in [1.82, 2.24) is 14.3 Å². The van der Waals surface area contributed by atoms with Crippen LogP contribution in [0.15, 0.2) is 24.3 Å². The molecule has 0 unspecified atom stereocenters. The molecule has 2 aromatic rings. The zero-order chi connectivity index (χ0) is 18.0. The first-order valence-corrected chi connectivity index (χ1v) is 8.29. The Bertz CT molecular complexity index is 765. The van der Waals surface area contributed by atoms with Gasteiger partial charge in [0.15, 0.2) is 0 Å². The number of ether oxygens (including phenoxy) is 1. The molecule has 6 nitrogen and oxygen atoms in total. The highest BCUT2D eigenvalue weighted by atomic mass is 32.1. The average Bonchev–Trinajstić information content (AvgIpc) is 3.16. The topological polar surface area (TPSA) is 67.4 Å². The van der Waals surface area contributed by atoms with Gasteiger partial charge in [0.05, 0.1) is 12.1 Å². The molecule has 25 heavy (non-hydrogen) atoms. The first kappa shape index (κ1) is 17.5. The number of hydrogen-bond acceptors (Lipinski definition) is 5. The van der Waals surface area contributed by atoms with Crippen molar-refractivity contribution < 1.29 is 22.7 Å². The van der Waals surface area contributed by atoms with Crippen LogP contribution in [-0.2, 0) is 6.18 Å². The molecule has 134 valence electrons. The third-order valence-electron chi connectivity index (χ3n) is 3.66. The summed E-state index contributed by atoms with van der Waals surface area (Å²) in [7, 11) is 0. The van der Waals surface area contributed by atoms with Gasteiger partial charge in [0, 0.05) is 24.5 Å². The molecule has 10 heteroatoms. The third kappa shape index (κ3) is 4.19. The number of hydrogen-bond donors (Lipinski definition) is 1. The summed E-state index contributed by atoms with van der Waals surface area (Å²) in [6.45, 7) is 2.31. The third-order valence-corrected chi connectivity index (χ3v) is 4.38. The Morgan fingerprint density at radius 2 is 2.16 bits per heavy atom. The second-order valence-electron chi connectivity index (χ2n) is 5.55. The SMILES string of the molecule is Cc1nsc(NC(=O)N2CC[C@H](Oc3ccccc3C(F)(F)F)C2)n1. The maximum atomic E-state index is 13.0. The normalized spacial score (nSPS) is 17.6. The van der Waals surface area contributed by atoms with Crippen LogP contribution in [-0.4, -0.2) is 39.5 Å². The number of alkyl halides is 3. The number of nitrogens with zero attached hydrogens (tertiary/aromatic N) is 3. The van der Waals surface area contributed by atoms with Crippen molar-refractivity contribution in [2.24, 2.45) is 0 Å². The molecule has 1 atom stereocenters. The van der Waals surface area contributed by atoms with E-state index in [4.69, 9.17) is 4.74 Å². The van der Waals surface area contributed by atoms with E-state index in [9.17, 15) is 18.0 Å². The lowest BCUT2D eigenvalue weighted by Gasteiger charge is -2.19. The van der Waals surface area contributed by atoms with Gasteiger partial charge < -0.3 is 9.64 Å². The van der Waals surface area contributed by atoms with Crippen molar-refractivity contribution in [3.05, 3.63) is 35.7 Å². The van der Waals surface area contributed by atoms with E-state index >= 15 is 0 Å². The number of likely N-dealkylation sites (tertiary alicyclic amines) is 1. The molecule has 0 aliphatic carbocycles. The van der Waals surface area contributed by atoms with Gasteiger partial charge in [-0.25, -0.2) is 9.78 Å². The van der Waals surface area contributed by atoms with E-state index < -0.39 is 17.8 Å². The van der Waals surface area contributed by atoms with Gasteiger partial charge in [0.2, 0.25) is 5.13 Å². The number of aromatic nitrogens is 2. The molecule has 1 N–H and O–H groups in total. The van der Waals surface area contributed by atoms with Crippen LogP contribution in [0.25, 0.3) is 0 Å². The summed E-state index contributed by atoms with van der Waals surface area (Å²) >= 11 is 1.07. The van der Waals surface area contributed by atoms with Crippen LogP contribution in [0.4, 0.5) is 23.1 Å². The number of carbonyl (C=O) groups is 1. The quantitative estimate of drug-likeness (QED) is 0.895. The molecule has 0 spiro atoms. The van der Waals surface area contributed by atoms with E-state index in [1.54, 1.807) is 6.92 Å². The Labute approximate surface area is 145 Å². The highest BCUT2D eigenvalue weighted by molar-refractivity contribution is 7.09. The summed E-state index contributed by atoms with van der Waals surface area (Å²) < 4.78 is 48.5. The number of nitrogens with one attached hydrogen (secondary N) is 1. The molecule has 1 aromatic carbocycles. The number of anilines is 1. The molecular weight excluding hydrogens is 357 g/mol. The fourth-order valence-corrected chi connectivity index (χ4v) is 3.08. The number of rotatable bonds is 3. The molecule has 1 aliphatic rings. The fraction of sp³-hybridized carbons (Fsp3) is 0.400. The number of halogens is 3. The van der Waals surface area contributed by atoms with Gasteiger partial charge in [0.1, 0.15) is 17.7 Å². The zero-order valence-electron chi connectivity index (χ0n) is 13.2. The minimum absolute atomic E-state index is 0.204. The predicted molar refractivity (Wildman–Crippen MR) is 85.7 cm³/mol. The Kier molecular flexibility index (Phi) is 4.80. The van der Waals surface area contributed by atoms with E-state index in [0.29, 0.717) is 23.9 Å². The summed E-state index contributed by atoms with van der Waals surface area (Å²) in [5.74, 6) is 0.341. The first-order chi connectivity index (χ1) is 11.8. The van der Waals surface area contributed by atoms with Gasteiger partial charge in [-0.15, -0.1) is 0 Å². The van der Waals surface area contributed by atoms with E-state index in [0.717, 1.165) is 17.6 Å². The van der Waals surface area contributed by atoms with Crippen LogP contribution in [0.3, 0.4) is 0 Å². The molecule has 0 bridgehead atoms. The lowest BCUT2D eigenvalue weighted by molar-refractivity contribution is -0.139. The van der Waals surface area contributed by atoms with Crippen LogP contribution in [0.1, 0.15) is 17.8 Å². The summed E-state index contributed by atoms with van der Waals surface area (Å²) in [5, 5.41) is 3.00. The molecule has 1 fully saturated rings. The maximum absolute atomic E-state index is 13.0. The Morgan fingerprint density at radius 1 is 1.40 bits per heavy atom. The molecule has 3 rings (SSSR count). The van der Waals surface area contributed by atoms with Crippen molar-refractivity contribution in [2.45, 2.75) is 25.6 Å². The van der Waals surface area contributed by atoms with Crippen molar-refractivity contribution in [3.63, 3.8) is 0 Å². The number of benzene rings is 1. The van der Waals surface area contributed by atoms with E-state index in [1.165, 1.54) is 23.1 Å². The van der Waals surface area contributed by atoms with Gasteiger partial charge in [-0.2, -0.15) is 17.5 Å². The largest absolute Gasteiger partial charge is 0.488 e. The standard InChI is InChI=1S/C15H15F3N4O2S/c1-9-19-13(25-21-9)20-14(23)22-7-6-10(8-22)24-12-5-3-2-4-11(12)15(16,17)18/h2-5,10H,6-8H2,1H3,(H,19,20,21,23)/t10-/m0/s1. The van der Waals surface area contributed by atoms with Gasteiger partial charge in [-0.05, 0) is 19.1 Å². The van der Waals surface area contributed by atoms with Crippen LogP contribution in [0, 0.1) is 6.92 Å². The smallest absolute Gasteiger partial charge is 0.419 e. The molecule has 1 aromatic heterocycles. The first-order valence-electron chi connectivity index (χ1n) is 7.52. The maximum Gasteiger partial charge on any atom is 0.419 e. The summed E-state index contributed by atoms with van der Waals surface area (Å²) in [5.41, 5.74) is -0.817. The van der Waals surface area contributed by atoms with Crippen molar-refractivity contribution in [3.8, 4) is 5.75 Å². The van der Waals surface area contributed by atoms with Crippen molar-refractivity contribution >= 4 is 22.7 Å². The predicted octanol–water partition coefficient (Wildman–Crippen LogP) is 3.55. The van der Waals surface area contributed by atoms with Gasteiger partial charge in [-0.3, -0.25) is 5.32 Å². The minimum Gasteiger partial charge on any atom is -0.488 e. The lowest BCUT2D eigenvalue weighted by atomic mass is 10.2. The van der Waals surface area contributed by atoms with Crippen LogP contribution in [0.5, 0.6) is 5.75 Å². The van der Waals surface area contributed by atoms with Crippen molar-refractivity contribution in [2.75, 3.05) is 18.4 Å². The summed E-state index contributed by atoms with van der Waals surface area (Å²) in [6.07, 6.45) is -4.53. The van der Waals surface area contributed by atoms with E-state index in [-0.39, 0.29) is 18.3 Å². The molecule has 0 radical (unpaired) electrons. The number of para-hydroxylation sites is 1. The average molecular weight is 372 g/mol. The second-order valence-corrected chi connectivity index (χ2v) is 6.30. The lowest BCUT2D eigenvalue weighted by Crippen LogP contribution is -2.34. The zero-order valence-corrected chi connectivity index (χ0v) is 14.0. The number of carbonyl (C=O) groups excluding carboxylic acids is 1. The molecule has 1 saturated heterocycles. The minimum atomic E-state index is -4.48. The van der Waals surface area contributed by atoms with Gasteiger partial charge >= 0.3 is 12.2 Å². The van der Waals surface area contributed by atoms with E-state index in [2.05, 4.69) is 14.7 Å². The highest BCUT2D eigenvalue weighted by Crippen LogP contribution is 2.36. The molecule has 2 amide bonds. The fourth-order valence-electron chi connectivity index (χ4n) is 2.51. The number of aryl methyl sites for hydroxylation is 1. The molecule has 1 aliphatic heterocycles. The van der Waals surface area contributed by atoms with Crippen LogP contribution < -0.4 is 10.1 Å². The number of amides is 2. The van der Waals surface area contributed by atoms with Gasteiger partial charge in [-0.1, -0.05) is 12.1 Å². The van der Waals surface area contributed by atoms with Gasteiger partial charge in [0.25, 0.3) is 0 Å². The number of urea groups is 1. The molecule has 0 saturated carbocycles. The van der Waals surface area contributed by atoms with Crippen LogP contribution >= 0.6 is 11.5 Å². The Balaban J connectivity index is 1.61. The molecule has 2 heterocycles. The van der Waals surface area contributed by atoms with Crippen LogP contribution in [0.2, 0.25) is 0 Å². The Hall–Kier alpha value is -2.36. The monoisotopic (exact) mass is 372 g/mol. The van der Waals surface area contributed by atoms with E-state index in [1.807, 2.05) is 0 Å². The second kappa shape index (κ2) is 6.87. The summed E-state index contributed by atoms with van der Waals surface area (Å²) in [6, 6.07) is 4.70. The summed E-state index contributed by atoms with van der Waals surface area (Å²) in [4.78, 5) is 17.7. The molecular formula is C15H15F3N4O2S. The highest BCUT2D eigenvalue weighted by Gasteiger charge is 2.36. The Morgan fingerprint density at radius 3 is 2.84 bits per heavy atom.